The molecule has 0 heterocycles. The predicted octanol–water partition coefficient (Wildman–Crippen LogP) is 3.42. The molecule has 0 saturated heterocycles. The molecule has 2 nitrogen and oxygen atoms in total. The molecule has 80 valence electrons. The molecule has 0 bridgehead atoms. The largest absolute Gasteiger partial charge is 0.319 e. The van der Waals surface area contributed by atoms with Gasteiger partial charge in [-0.25, -0.2) is 8.78 Å². The van der Waals surface area contributed by atoms with Gasteiger partial charge in [0, 0.05) is 0 Å². The molecule has 0 aliphatic heterocycles. The molecule has 0 unspecified atom stereocenters. The van der Waals surface area contributed by atoms with Crippen molar-refractivity contribution in [2.45, 2.75) is 0 Å². The topological polar surface area (TPSA) is 29.1 Å². The summed E-state index contributed by atoms with van der Waals surface area (Å²) in [4.78, 5) is 11.0. The van der Waals surface area contributed by atoms with Gasteiger partial charge in [0.25, 0.3) is 5.91 Å². The quantitative estimate of drug-likeness (QED) is 0.657. The third-order valence-corrected chi connectivity index (χ3v) is 2.43. The average Bonchev–Trinajstić information content (AvgIpc) is 2.18. The van der Waals surface area contributed by atoms with E-state index in [0.717, 1.165) is 12.1 Å². The van der Waals surface area contributed by atoms with E-state index in [9.17, 15) is 13.6 Å². The predicted molar refractivity (Wildman–Crippen MR) is 57.7 cm³/mol. The van der Waals surface area contributed by atoms with Crippen molar-refractivity contribution in [2.75, 3.05) is 5.32 Å². The summed E-state index contributed by atoms with van der Waals surface area (Å²) in [6, 6.07) is 2.10. The van der Waals surface area contributed by atoms with Crippen molar-refractivity contribution in [3.63, 3.8) is 0 Å². The van der Waals surface area contributed by atoms with Crippen LogP contribution in [0.25, 0.3) is 0 Å². The van der Waals surface area contributed by atoms with Crippen LogP contribution in [0, 0.1) is 11.6 Å². The summed E-state index contributed by atoms with van der Waals surface area (Å²) in [6.07, 6.45) is 0. The molecule has 0 spiro atoms. The van der Waals surface area contributed by atoms with Crippen molar-refractivity contribution >= 4 is 39.1 Å². The van der Waals surface area contributed by atoms with Gasteiger partial charge in [-0.15, -0.1) is 0 Å². The number of hydrogen-bond acceptors (Lipinski definition) is 1. The second-order valence-corrected chi connectivity index (χ2v) is 3.83. The zero-order valence-corrected chi connectivity index (χ0v) is 9.62. The van der Waals surface area contributed by atoms with Crippen molar-refractivity contribution in [1.29, 1.82) is 0 Å². The van der Waals surface area contributed by atoms with Crippen LogP contribution in [0.2, 0.25) is 0 Å². The van der Waals surface area contributed by atoms with Crippen molar-refractivity contribution in [1.82, 2.24) is 0 Å². The highest BCUT2D eigenvalue weighted by Gasteiger charge is 2.13. The minimum absolute atomic E-state index is 0.171. The van der Waals surface area contributed by atoms with E-state index in [1.165, 1.54) is 0 Å². The lowest BCUT2D eigenvalue weighted by Crippen LogP contribution is -2.12. The number of nitrogens with one attached hydrogen (secondary N) is 1. The zero-order chi connectivity index (χ0) is 11.6. The van der Waals surface area contributed by atoms with Crippen molar-refractivity contribution < 1.29 is 13.6 Å². The molecule has 0 aliphatic carbocycles. The fraction of sp³-hybridized carbons (Fsp3) is 0. The summed E-state index contributed by atoms with van der Waals surface area (Å²) in [6.45, 7) is 3.17. The van der Waals surface area contributed by atoms with E-state index in [1.807, 2.05) is 0 Å². The standard InChI is InChI=1S/C9H5BrClF2NO/c1-4(11)9(15)14-6-3-2-5(12)7(10)8(6)13/h2-3H,1H2,(H,14,15). The molecule has 1 rings (SSSR count). The number of anilines is 1. The van der Waals surface area contributed by atoms with Crippen LogP contribution in [0.1, 0.15) is 0 Å². The Labute approximate surface area is 98.0 Å². The molecule has 15 heavy (non-hydrogen) atoms. The highest BCUT2D eigenvalue weighted by molar-refractivity contribution is 9.10. The molecular formula is C9H5BrClF2NO. The van der Waals surface area contributed by atoms with Gasteiger partial charge < -0.3 is 5.32 Å². The SMILES string of the molecule is C=C(Cl)C(=O)Nc1ccc(F)c(Br)c1F. The highest BCUT2D eigenvalue weighted by atomic mass is 79.9. The lowest BCUT2D eigenvalue weighted by molar-refractivity contribution is -0.112. The molecule has 1 N–H and O–H groups in total. The maximum Gasteiger partial charge on any atom is 0.266 e. The molecule has 0 fully saturated rings. The maximum atomic E-state index is 13.3. The molecule has 1 aromatic carbocycles. The van der Waals surface area contributed by atoms with Gasteiger partial charge >= 0.3 is 0 Å². The van der Waals surface area contributed by atoms with E-state index in [-0.39, 0.29) is 15.2 Å². The summed E-state index contributed by atoms with van der Waals surface area (Å²) in [5.41, 5.74) is -0.171. The number of carbonyl (C=O) groups is 1. The van der Waals surface area contributed by atoms with Crippen LogP contribution >= 0.6 is 27.5 Å². The van der Waals surface area contributed by atoms with Crippen LogP contribution in [0.4, 0.5) is 14.5 Å². The van der Waals surface area contributed by atoms with E-state index in [0.29, 0.717) is 0 Å². The van der Waals surface area contributed by atoms with Crippen LogP contribution in [0.5, 0.6) is 0 Å². The molecule has 0 aromatic heterocycles. The first-order valence-corrected chi connectivity index (χ1v) is 4.90. The molecule has 1 amide bonds. The molecule has 1 aromatic rings. The average molecular weight is 296 g/mol. The van der Waals surface area contributed by atoms with Crippen LogP contribution < -0.4 is 5.32 Å². The van der Waals surface area contributed by atoms with Gasteiger partial charge in [0.15, 0.2) is 5.82 Å². The van der Waals surface area contributed by atoms with Gasteiger partial charge in [0.2, 0.25) is 0 Å². The Bertz CT molecular complexity index is 436. The Morgan fingerprint density at radius 1 is 1.47 bits per heavy atom. The first-order chi connectivity index (χ1) is 6.93. The molecular weight excluding hydrogens is 291 g/mol. The minimum Gasteiger partial charge on any atom is -0.319 e. The van der Waals surface area contributed by atoms with E-state index < -0.39 is 17.5 Å². The Morgan fingerprint density at radius 2 is 2.07 bits per heavy atom. The summed E-state index contributed by atoms with van der Waals surface area (Å²) in [5.74, 6) is -2.40. The lowest BCUT2D eigenvalue weighted by Gasteiger charge is -2.06. The van der Waals surface area contributed by atoms with Gasteiger partial charge in [0.05, 0.1) is 15.2 Å². The van der Waals surface area contributed by atoms with Crippen molar-refractivity contribution in [2.24, 2.45) is 0 Å². The Kier molecular flexibility index (Phi) is 3.82. The van der Waals surface area contributed by atoms with E-state index in [1.54, 1.807) is 0 Å². The fourth-order valence-corrected chi connectivity index (χ4v) is 1.21. The maximum absolute atomic E-state index is 13.3. The smallest absolute Gasteiger partial charge is 0.266 e. The first kappa shape index (κ1) is 12.1. The van der Waals surface area contributed by atoms with Gasteiger partial charge in [-0.1, -0.05) is 18.2 Å². The third-order valence-electron chi connectivity index (χ3n) is 1.53. The summed E-state index contributed by atoms with van der Waals surface area (Å²) < 4.78 is 25.8. The summed E-state index contributed by atoms with van der Waals surface area (Å²) >= 11 is 7.99. The van der Waals surface area contributed by atoms with Crippen molar-refractivity contribution in [3.8, 4) is 0 Å². The van der Waals surface area contributed by atoms with Crippen LogP contribution in [0.3, 0.4) is 0 Å². The van der Waals surface area contributed by atoms with E-state index in [2.05, 4.69) is 27.8 Å². The molecule has 0 atom stereocenters. The monoisotopic (exact) mass is 295 g/mol. The van der Waals surface area contributed by atoms with E-state index in [4.69, 9.17) is 11.6 Å². The van der Waals surface area contributed by atoms with Crippen LogP contribution in [-0.2, 0) is 4.79 Å². The number of carbonyl (C=O) groups excluding carboxylic acids is 1. The van der Waals surface area contributed by atoms with Gasteiger partial charge in [-0.05, 0) is 28.1 Å². The molecule has 0 aliphatic rings. The van der Waals surface area contributed by atoms with Crippen LogP contribution in [0.15, 0.2) is 28.2 Å². The number of amides is 1. The molecule has 6 heteroatoms. The highest BCUT2D eigenvalue weighted by Crippen LogP contribution is 2.26. The first-order valence-electron chi connectivity index (χ1n) is 3.72. The van der Waals surface area contributed by atoms with Gasteiger partial charge in [-0.2, -0.15) is 0 Å². The fourth-order valence-electron chi connectivity index (χ4n) is 0.813. The molecule has 0 radical (unpaired) electrons. The third kappa shape index (κ3) is 2.76. The second-order valence-electron chi connectivity index (χ2n) is 2.58. The Hall–Kier alpha value is -0.940. The number of benzene rings is 1. The lowest BCUT2D eigenvalue weighted by atomic mass is 10.3. The molecule has 0 saturated carbocycles. The number of halogens is 4. The minimum atomic E-state index is -0.902. The summed E-state index contributed by atoms with van der Waals surface area (Å²) in [7, 11) is 0. The number of hydrogen-bond donors (Lipinski definition) is 1. The normalized spacial score (nSPS) is 9.87. The van der Waals surface area contributed by atoms with Gasteiger partial charge in [0.1, 0.15) is 5.82 Å². The van der Waals surface area contributed by atoms with Gasteiger partial charge in [-0.3, -0.25) is 4.79 Å². The Balaban J connectivity index is 3.02. The second kappa shape index (κ2) is 4.72. The van der Waals surface area contributed by atoms with Crippen LogP contribution in [-0.4, -0.2) is 5.91 Å². The Morgan fingerprint density at radius 3 is 2.60 bits per heavy atom. The summed E-state index contributed by atoms with van der Waals surface area (Å²) in [5, 5.41) is 1.85. The zero-order valence-electron chi connectivity index (χ0n) is 7.28. The number of rotatable bonds is 2. The van der Waals surface area contributed by atoms with E-state index >= 15 is 0 Å². The van der Waals surface area contributed by atoms with Crippen molar-refractivity contribution in [3.05, 3.63) is 39.9 Å².